The largest absolute Gasteiger partial charge is 0.463 e. The van der Waals surface area contributed by atoms with E-state index in [2.05, 4.69) is 37.5 Å². The normalized spacial score (nSPS) is 19.3. The maximum absolute atomic E-state index is 5.70. The molecule has 0 aliphatic carbocycles. The van der Waals surface area contributed by atoms with Gasteiger partial charge >= 0.3 is 6.01 Å². The third-order valence-electron chi connectivity index (χ3n) is 3.10. The van der Waals surface area contributed by atoms with Gasteiger partial charge in [-0.3, -0.25) is 0 Å². The first-order valence-electron chi connectivity index (χ1n) is 7.32. The molecular formula is C13H24N6O2. The van der Waals surface area contributed by atoms with Crippen LogP contribution < -0.4 is 15.4 Å². The molecule has 0 amide bonds. The first kappa shape index (κ1) is 15.7. The van der Waals surface area contributed by atoms with Crippen LogP contribution in [0.3, 0.4) is 0 Å². The fourth-order valence-corrected chi connectivity index (χ4v) is 2.00. The van der Waals surface area contributed by atoms with Gasteiger partial charge in [-0.05, 0) is 13.5 Å². The summed E-state index contributed by atoms with van der Waals surface area (Å²) in [5.41, 5.74) is 0. The van der Waals surface area contributed by atoms with Crippen LogP contribution in [-0.2, 0) is 4.74 Å². The lowest BCUT2D eigenvalue weighted by atomic mass is 10.3. The Kier molecular flexibility index (Phi) is 5.94. The van der Waals surface area contributed by atoms with Gasteiger partial charge in [-0.15, -0.1) is 0 Å². The highest BCUT2D eigenvalue weighted by Gasteiger charge is 2.18. The molecule has 1 aromatic rings. The molecule has 1 aliphatic heterocycles. The molecule has 0 bridgehead atoms. The van der Waals surface area contributed by atoms with Crippen molar-refractivity contribution in [2.45, 2.75) is 19.4 Å². The predicted octanol–water partition coefficient (Wildman–Crippen LogP) is 0.445. The minimum Gasteiger partial charge on any atom is -0.463 e. The SMILES string of the molecule is CCCOc1nc(NC)nc(NCC2CN(C)CCO2)n1. The highest BCUT2D eigenvalue weighted by molar-refractivity contribution is 5.35. The van der Waals surface area contributed by atoms with E-state index in [1.165, 1.54) is 0 Å². The summed E-state index contributed by atoms with van der Waals surface area (Å²) in [6.07, 6.45) is 1.05. The van der Waals surface area contributed by atoms with E-state index in [4.69, 9.17) is 9.47 Å². The van der Waals surface area contributed by atoms with Crippen molar-refractivity contribution in [2.75, 3.05) is 57.6 Å². The molecule has 1 saturated heterocycles. The Morgan fingerprint density at radius 3 is 2.86 bits per heavy atom. The number of hydrogen-bond donors (Lipinski definition) is 2. The van der Waals surface area contributed by atoms with Gasteiger partial charge in [-0.25, -0.2) is 0 Å². The molecule has 1 aliphatic rings. The highest BCUT2D eigenvalue weighted by atomic mass is 16.5. The van der Waals surface area contributed by atoms with Crippen molar-refractivity contribution in [1.29, 1.82) is 0 Å². The van der Waals surface area contributed by atoms with Crippen molar-refractivity contribution in [3.8, 4) is 6.01 Å². The van der Waals surface area contributed by atoms with Gasteiger partial charge in [-0.1, -0.05) is 6.92 Å². The summed E-state index contributed by atoms with van der Waals surface area (Å²) < 4.78 is 11.2. The lowest BCUT2D eigenvalue weighted by molar-refractivity contribution is -0.0118. The van der Waals surface area contributed by atoms with E-state index in [0.29, 0.717) is 31.1 Å². The number of ether oxygens (including phenoxy) is 2. The van der Waals surface area contributed by atoms with Gasteiger partial charge in [0.15, 0.2) is 0 Å². The summed E-state index contributed by atoms with van der Waals surface area (Å²) in [4.78, 5) is 14.9. The Morgan fingerprint density at radius 1 is 1.33 bits per heavy atom. The van der Waals surface area contributed by atoms with E-state index in [1.54, 1.807) is 7.05 Å². The van der Waals surface area contributed by atoms with Crippen LogP contribution in [0.5, 0.6) is 6.01 Å². The van der Waals surface area contributed by atoms with Crippen molar-refractivity contribution < 1.29 is 9.47 Å². The number of hydrogen-bond acceptors (Lipinski definition) is 8. The smallest absolute Gasteiger partial charge is 0.323 e. The summed E-state index contributed by atoms with van der Waals surface area (Å²) in [7, 11) is 3.86. The lowest BCUT2D eigenvalue weighted by Crippen LogP contribution is -2.43. The summed E-state index contributed by atoms with van der Waals surface area (Å²) in [5, 5.41) is 6.10. The number of likely N-dealkylation sites (N-methyl/N-ethyl adjacent to an activating group) is 1. The molecule has 0 radical (unpaired) electrons. The monoisotopic (exact) mass is 296 g/mol. The van der Waals surface area contributed by atoms with Crippen molar-refractivity contribution in [3.63, 3.8) is 0 Å². The van der Waals surface area contributed by atoms with Gasteiger partial charge in [0.2, 0.25) is 11.9 Å². The van der Waals surface area contributed by atoms with E-state index in [0.717, 1.165) is 26.1 Å². The minimum absolute atomic E-state index is 0.138. The van der Waals surface area contributed by atoms with Gasteiger partial charge in [-0.2, -0.15) is 15.0 Å². The van der Waals surface area contributed by atoms with Gasteiger partial charge in [0, 0.05) is 26.7 Å². The lowest BCUT2D eigenvalue weighted by Gasteiger charge is -2.30. The molecule has 1 unspecified atom stereocenters. The Labute approximate surface area is 125 Å². The first-order valence-corrected chi connectivity index (χ1v) is 7.32. The molecule has 0 spiro atoms. The Balaban J connectivity index is 1.94. The molecule has 2 N–H and O–H groups in total. The topological polar surface area (TPSA) is 84.4 Å². The van der Waals surface area contributed by atoms with Crippen molar-refractivity contribution in [2.24, 2.45) is 0 Å². The van der Waals surface area contributed by atoms with E-state index in [-0.39, 0.29) is 6.10 Å². The van der Waals surface area contributed by atoms with Crippen molar-refractivity contribution in [1.82, 2.24) is 19.9 Å². The molecule has 0 saturated carbocycles. The first-order chi connectivity index (χ1) is 10.2. The summed E-state index contributed by atoms with van der Waals surface area (Å²) in [5.74, 6) is 0.984. The maximum Gasteiger partial charge on any atom is 0.323 e. The second kappa shape index (κ2) is 7.94. The molecular weight excluding hydrogens is 272 g/mol. The molecule has 2 rings (SSSR count). The molecule has 21 heavy (non-hydrogen) atoms. The van der Waals surface area contributed by atoms with Gasteiger partial charge < -0.3 is 25.0 Å². The average Bonchev–Trinajstić information content (AvgIpc) is 2.51. The van der Waals surface area contributed by atoms with E-state index in [9.17, 15) is 0 Å². The number of nitrogens with one attached hydrogen (secondary N) is 2. The van der Waals surface area contributed by atoms with Crippen molar-refractivity contribution >= 4 is 11.9 Å². The second-order valence-corrected chi connectivity index (χ2v) is 5.00. The Morgan fingerprint density at radius 2 is 2.14 bits per heavy atom. The number of rotatable bonds is 7. The van der Waals surface area contributed by atoms with Crippen molar-refractivity contribution in [3.05, 3.63) is 0 Å². The van der Waals surface area contributed by atoms with Gasteiger partial charge in [0.1, 0.15) is 0 Å². The fourth-order valence-electron chi connectivity index (χ4n) is 2.00. The minimum atomic E-state index is 0.138. The molecule has 1 aromatic heterocycles. The van der Waals surface area contributed by atoms with Crippen LogP contribution in [0.4, 0.5) is 11.9 Å². The van der Waals surface area contributed by atoms with Crippen LogP contribution >= 0.6 is 0 Å². The van der Waals surface area contributed by atoms with Crippen LogP contribution in [-0.4, -0.2) is 72.9 Å². The van der Waals surface area contributed by atoms with Crippen LogP contribution in [0.2, 0.25) is 0 Å². The van der Waals surface area contributed by atoms with E-state index in [1.807, 2.05) is 6.92 Å². The summed E-state index contributed by atoms with van der Waals surface area (Å²) in [6, 6.07) is 0.334. The average molecular weight is 296 g/mol. The molecule has 8 heteroatoms. The third-order valence-corrected chi connectivity index (χ3v) is 3.10. The summed E-state index contributed by atoms with van der Waals surface area (Å²) in [6.45, 7) is 5.91. The Hall–Kier alpha value is -1.67. The Bertz CT molecular complexity index is 445. The zero-order chi connectivity index (χ0) is 15.1. The highest BCUT2D eigenvalue weighted by Crippen LogP contribution is 2.12. The van der Waals surface area contributed by atoms with Crippen LogP contribution in [0.1, 0.15) is 13.3 Å². The fraction of sp³-hybridized carbons (Fsp3) is 0.769. The number of nitrogens with zero attached hydrogens (tertiary/aromatic N) is 4. The molecule has 2 heterocycles. The third kappa shape index (κ3) is 4.98. The number of anilines is 2. The predicted molar refractivity (Wildman–Crippen MR) is 80.9 cm³/mol. The number of aromatic nitrogens is 3. The van der Waals surface area contributed by atoms with Crippen LogP contribution in [0, 0.1) is 0 Å². The second-order valence-electron chi connectivity index (χ2n) is 5.00. The number of morpholine rings is 1. The van der Waals surface area contributed by atoms with Gasteiger partial charge in [0.05, 0.1) is 19.3 Å². The molecule has 8 nitrogen and oxygen atoms in total. The van der Waals surface area contributed by atoms with Crippen LogP contribution in [0.25, 0.3) is 0 Å². The standard InChI is InChI=1S/C13H24N6O2/c1-4-6-21-13-17-11(14-2)16-12(18-13)15-8-10-9-19(3)5-7-20-10/h10H,4-9H2,1-3H3,(H2,14,15,16,17,18). The van der Waals surface area contributed by atoms with E-state index < -0.39 is 0 Å². The maximum atomic E-state index is 5.70. The van der Waals surface area contributed by atoms with E-state index >= 15 is 0 Å². The molecule has 1 fully saturated rings. The molecule has 118 valence electrons. The quantitative estimate of drug-likeness (QED) is 0.750. The zero-order valence-corrected chi connectivity index (χ0v) is 12.9. The molecule has 1 atom stereocenters. The van der Waals surface area contributed by atoms with Gasteiger partial charge in [0.25, 0.3) is 0 Å². The summed E-state index contributed by atoms with van der Waals surface area (Å²) >= 11 is 0. The zero-order valence-electron chi connectivity index (χ0n) is 12.9. The van der Waals surface area contributed by atoms with Crippen LogP contribution in [0.15, 0.2) is 0 Å². The molecule has 0 aromatic carbocycles.